The molecule has 0 amide bonds. The molecule has 0 atom stereocenters. The molecule has 0 spiro atoms. The van der Waals surface area contributed by atoms with Crippen molar-refractivity contribution in [3.8, 4) is 17.1 Å². The Balaban J connectivity index is 0.00000304. The number of benzene rings is 2. The highest BCUT2D eigenvalue weighted by molar-refractivity contribution is 5.85. The summed E-state index contributed by atoms with van der Waals surface area (Å²) in [6, 6.07) is 16.4. The predicted molar refractivity (Wildman–Crippen MR) is 143 cm³/mol. The Hall–Kier alpha value is -2.90. The molecule has 2 aliphatic rings. The molecule has 1 saturated carbocycles. The Labute approximate surface area is 218 Å². The molecule has 5 rings (SSSR count). The average molecular weight is 511 g/mol. The zero-order chi connectivity index (χ0) is 24.4. The van der Waals surface area contributed by atoms with Gasteiger partial charge in [0.05, 0.1) is 11.7 Å². The van der Waals surface area contributed by atoms with Crippen molar-refractivity contribution < 1.29 is 9.90 Å². The summed E-state index contributed by atoms with van der Waals surface area (Å²) in [6.45, 7) is 2.07. The smallest absolute Gasteiger partial charge is 0.351 e. The van der Waals surface area contributed by atoms with Crippen LogP contribution < -0.4 is 5.69 Å². The third kappa shape index (κ3) is 5.57. The maximum atomic E-state index is 13.8. The lowest BCUT2D eigenvalue weighted by Crippen LogP contribution is -2.30. The van der Waals surface area contributed by atoms with E-state index < -0.39 is 5.97 Å². The summed E-state index contributed by atoms with van der Waals surface area (Å²) in [4.78, 5) is 27.1. The van der Waals surface area contributed by atoms with Crippen molar-refractivity contribution in [3.63, 3.8) is 0 Å². The van der Waals surface area contributed by atoms with Gasteiger partial charge in [0.25, 0.3) is 0 Å². The molecule has 1 fully saturated rings. The first-order valence-electron chi connectivity index (χ1n) is 12.8. The molecule has 36 heavy (non-hydrogen) atoms. The Bertz CT molecular complexity index is 1250. The van der Waals surface area contributed by atoms with Crippen LogP contribution in [0.4, 0.5) is 0 Å². The lowest BCUT2D eigenvalue weighted by Gasteiger charge is -2.27. The number of carbonyl (C=O) groups is 1. The zero-order valence-electron chi connectivity index (χ0n) is 20.8. The first kappa shape index (κ1) is 26.2. The van der Waals surface area contributed by atoms with E-state index in [2.05, 4.69) is 30.1 Å². The number of aliphatic carboxylic acids is 1. The van der Waals surface area contributed by atoms with Gasteiger partial charge in [0.1, 0.15) is 0 Å². The molecule has 1 aliphatic heterocycles. The van der Waals surface area contributed by atoms with Crippen molar-refractivity contribution in [2.45, 2.75) is 57.4 Å². The lowest BCUT2D eigenvalue weighted by atomic mass is 9.83. The van der Waals surface area contributed by atoms with E-state index in [0.717, 1.165) is 62.9 Å². The topological polar surface area (TPSA) is 80.4 Å². The highest BCUT2D eigenvalue weighted by atomic mass is 35.5. The molecule has 8 heteroatoms. The molecule has 1 aliphatic carbocycles. The molecule has 1 N–H and O–H groups in total. The van der Waals surface area contributed by atoms with Gasteiger partial charge in [-0.05, 0) is 81.2 Å². The first-order valence-corrected chi connectivity index (χ1v) is 12.8. The minimum Gasteiger partial charge on any atom is -0.481 e. The third-order valence-corrected chi connectivity index (χ3v) is 7.74. The van der Waals surface area contributed by atoms with Gasteiger partial charge in [0.15, 0.2) is 5.82 Å². The number of carboxylic acids is 1. The maximum absolute atomic E-state index is 13.8. The van der Waals surface area contributed by atoms with Gasteiger partial charge in [0, 0.05) is 25.1 Å². The number of hydrogen-bond acceptors (Lipinski definition) is 4. The largest absolute Gasteiger partial charge is 0.481 e. The number of aromatic nitrogens is 3. The number of fused-ring (bicyclic) bond motifs is 1. The molecule has 3 aromatic rings. The van der Waals surface area contributed by atoms with Gasteiger partial charge in [-0.2, -0.15) is 0 Å². The summed E-state index contributed by atoms with van der Waals surface area (Å²) in [5, 5.41) is 13.9. The van der Waals surface area contributed by atoms with E-state index in [1.54, 1.807) is 9.25 Å². The van der Waals surface area contributed by atoms with Crippen LogP contribution in [0.1, 0.15) is 55.7 Å². The van der Waals surface area contributed by atoms with Gasteiger partial charge < -0.3 is 10.0 Å². The fraction of sp³-hybridized carbons (Fsp3) is 0.464. The van der Waals surface area contributed by atoms with Crippen molar-refractivity contribution in [3.05, 3.63) is 70.1 Å². The van der Waals surface area contributed by atoms with Gasteiger partial charge in [-0.25, -0.2) is 14.0 Å². The van der Waals surface area contributed by atoms with Gasteiger partial charge in [-0.15, -0.1) is 17.5 Å². The summed E-state index contributed by atoms with van der Waals surface area (Å²) in [5.74, 6) is 0.354. The highest BCUT2D eigenvalue weighted by Crippen LogP contribution is 2.34. The SMILES string of the molecule is CN1CCc2ccc(-n3c(-c4ccccc4)nn(C4CCC(CCC(=O)O)CC4)c3=O)cc2CC1.Cl. The molecular weight excluding hydrogens is 476 g/mol. The Morgan fingerprint density at radius 1 is 1.00 bits per heavy atom. The van der Waals surface area contributed by atoms with Crippen LogP contribution in [-0.4, -0.2) is 50.5 Å². The summed E-state index contributed by atoms with van der Waals surface area (Å²) >= 11 is 0. The van der Waals surface area contributed by atoms with Gasteiger partial charge >= 0.3 is 11.7 Å². The normalized spacial score (nSPS) is 20.2. The van der Waals surface area contributed by atoms with E-state index in [4.69, 9.17) is 10.2 Å². The fourth-order valence-electron chi connectivity index (χ4n) is 5.60. The Kier molecular flexibility index (Phi) is 8.32. The molecule has 2 aromatic carbocycles. The minimum absolute atomic E-state index is 0. The number of nitrogens with zero attached hydrogens (tertiary/aromatic N) is 4. The summed E-state index contributed by atoms with van der Waals surface area (Å²) in [7, 11) is 2.16. The van der Waals surface area contributed by atoms with E-state index in [-0.39, 0.29) is 30.6 Å². The molecule has 2 heterocycles. The Morgan fingerprint density at radius 3 is 2.39 bits per heavy atom. The first-order chi connectivity index (χ1) is 17.0. The second kappa shape index (κ2) is 11.4. The highest BCUT2D eigenvalue weighted by Gasteiger charge is 2.27. The number of halogens is 1. The molecule has 0 bridgehead atoms. The summed E-state index contributed by atoms with van der Waals surface area (Å²) in [5.41, 5.74) is 4.37. The number of hydrogen-bond donors (Lipinski definition) is 1. The standard InChI is InChI=1S/C28H34N4O3.ClH/c1-30-17-15-21-10-13-25(19-23(21)16-18-30)31-27(22-5-3-2-4-6-22)29-32(28(31)35)24-11-7-20(8-12-24)9-14-26(33)34;/h2-6,10,13,19-20,24H,7-9,11-12,14-18H2,1H3,(H,33,34);1H. The summed E-state index contributed by atoms with van der Waals surface area (Å²) < 4.78 is 3.47. The van der Waals surface area contributed by atoms with Crippen LogP contribution in [0.2, 0.25) is 0 Å². The van der Waals surface area contributed by atoms with Crippen LogP contribution in [-0.2, 0) is 17.6 Å². The van der Waals surface area contributed by atoms with E-state index in [1.165, 1.54) is 11.1 Å². The van der Waals surface area contributed by atoms with Gasteiger partial charge in [-0.1, -0.05) is 36.4 Å². The van der Waals surface area contributed by atoms with Crippen LogP contribution in [0.25, 0.3) is 17.1 Å². The quantitative estimate of drug-likeness (QED) is 0.517. The van der Waals surface area contributed by atoms with Crippen LogP contribution in [0, 0.1) is 5.92 Å². The molecule has 0 unspecified atom stereocenters. The maximum Gasteiger partial charge on any atom is 0.351 e. The van der Waals surface area contributed by atoms with Crippen molar-refractivity contribution in [2.75, 3.05) is 20.1 Å². The van der Waals surface area contributed by atoms with E-state index >= 15 is 0 Å². The summed E-state index contributed by atoms with van der Waals surface area (Å²) in [6.07, 6.45) is 6.51. The van der Waals surface area contributed by atoms with Crippen molar-refractivity contribution in [2.24, 2.45) is 5.92 Å². The molecule has 0 radical (unpaired) electrons. The molecule has 7 nitrogen and oxygen atoms in total. The fourth-order valence-corrected chi connectivity index (χ4v) is 5.60. The zero-order valence-corrected chi connectivity index (χ0v) is 21.6. The molecule has 192 valence electrons. The van der Waals surface area contributed by atoms with E-state index in [0.29, 0.717) is 18.2 Å². The van der Waals surface area contributed by atoms with Crippen LogP contribution in [0.3, 0.4) is 0 Å². The Morgan fingerprint density at radius 2 is 1.69 bits per heavy atom. The van der Waals surface area contributed by atoms with Gasteiger partial charge in [0.2, 0.25) is 0 Å². The second-order valence-corrected chi connectivity index (χ2v) is 10.1. The van der Waals surface area contributed by atoms with Crippen LogP contribution >= 0.6 is 12.4 Å². The van der Waals surface area contributed by atoms with Gasteiger partial charge in [-0.3, -0.25) is 4.79 Å². The van der Waals surface area contributed by atoms with E-state index in [9.17, 15) is 9.59 Å². The molecular formula is C28H35ClN4O3. The second-order valence-electron chi connectivity index (χ2n) is 10.1. The third-order valence-electron chi connectivity index (χ3n) is 7.74. The van der Waals surface area contributed by atoms with Crippen molar-refractivity contribution >= 4 is 18.4 Å². The van der Waals surface area contributed by atoms with E-state index in [1.807, 2.05) is 30.3 Å². The molecule has 1 aromatic heterocycles. The number of likely N-dealkylation sites (N-methyl/N-ethyl adjacent to an activating group) is 1. The monoisotopic (exact) mass is 510 g/mol. The van der Waals surface area contributed by atoms with Crippen molar-refractivity contribution in [1.82, 2.24) is 19.2 Å². The average Bonchev–Trinajstić information content (AvgIpc) is 3.11. The predicted octanol–water partition coefficient (Wildman–Crippen LogP) is 4.75. The van der Waals surface area contributed by atoms with Crippen LogP contribution in [0.15, 0.2) is 53.3 Å². The number of carboxylic acid groups (broad SMARTS) is 1. The van der Waals surface area contributed by atoms with Crippen LogP contribution in [0.5, 0.6) is 0 Å². The number of rotatable bonds is 6. The lowest BCUT2D eigenvalue weighted by molar-refractivity contribution is -0.137. The minimum atomic E-state index is -0.734. The van der Waals surface area contributed by atoms with Crippen molar-refractivity contribution in [1.29, 1.82) is 0 Å². The molecule has 0 saturated heterocycles.